The molecule has 23 heteroatoms. The molecule has 3 rings (SSSR count). The van der Waals surface area contributed by atoms with Crippen LogP contribution in [0.4, 0.5) is 4.79 Å². The molecule has 0 heterocycles. The average Bonchev–Trinajstić information content (AvgIpc) is 3.06. The maximum Gasteiger partial charge on any atom is 0.407 e. The summed E-state index contributed by atoms with van der Waals surface area (Å²) in [4.78, 5) is 136. The van der Waals surface area contributed by atoms with E-state index in [0.29, 0.717) is 26.4 Å². The van der Waals surface area contributed by atoms with Gasteiger partial charge in [-0.05, 0) is 118 Å². The second-order valence-corrected chi connectivity index (χ2v) is 26.0. The Morgan fingerprint density at radius 3 is 1.35 bits per heavy atom. The maximum atomic E-state index is 14.6. The highest BCUT2D eigenvalue weighted by molar-refractivity contribution is 5.98. The molecule has 4 N–H and O–H groups in total. The van der Waals surface area contributed by atoms with Crippen molar-refractivity contribution >= 4 is 59.3 Å². The van der Waals surface area contributed by atoms with Gasteiger partial charge in [0.05, 0.1) is 84.2 Å². The Hall–Kier alpha value is -6.82. The third-order valence-corrected chi connectivity index (χ3v) is 13.1. The molecule has 5 atom stereocenters. The number of Topliss-reactive ketones (excluding diaryl/α,β-unsaturated/α-hetero) is 2. The first-order valence-electron chi connectivity index (χ1n) is 30.3. The van der Waals surface area contributed by atoms with Crippen LogP contribution in [0.1, 0.15) is 166 Å². The molecule has 0 saturated heterocycles. The van der Waals surface area contributed by atoms with E-state index in [-0.39, 0.29) is 70.7 Å². The Labute approximate surface area is 519 Å². The summed E-state index contributed by atoms with van der Waals surface area (Å²) in [6.45, 7) is 27.1. The number of amides is 4. The summed E-state index contributed by atoms with van der Waals surface area (Å²) >= 11 is 0. The van der Waals surface area contributed by atoms with Gasteiger partial charge in [0.15, 0.2) is 11.6 Å². The van der Waals surface area contributed by atoms with E-state index >= 15 is 0 Å². The van der Waals surface area contributed by atoms with Crippen molar-refractivity contribution in [3.8, 4) is 11.1 Å². The van der Waals surface area contributed by atoms with Gasteiger partial charge in [-0.1, -0.05) is 69.3 Å². The molecule has 1 aliphatic carbocycles. The van der Waals surface area contributed by atoms with Gasteiger partial charge in [-0.3, -0.25) is 43.2 Å². The van der Waals surface area contributed by atoms with Gasteiger partial charge in [0.25, 0.3) is 0 Å². The fraction of sp³-hybridized carbons (Fsp3) is 0.662. The molecule has 0 radical (unpaired) electrons. The number of benzene rings is 2. The third-order valence-electron chi connectivity index (χ3n) is 13.1. The number of alkyl carbamates (subject to hydrolysis) is 1. The number of nitrogens with one attached hydrogen (secondary N) is 4. The molecule has 2 aromatic carbocycles. The molecule has 0 unspecified atom stereocenters. The zero-order valence-electron chi connectivity index (χ0n) is 54.4. The van der Waals surface area contributed by atoms with Gasteiger partial charge in [0, 0.05) is 43.6 Å². The molecule has 0 fully saturated rings. The van der Waals surface area contributed by atoms with Crippen LogP contribution >= 0.6 is 0 Å². The molecule has 0 aliphatic heterocycles. The lowest BCUT2D eigenvalue weighted by molar-refractivity contribution is -0.157. The summed E-state index contributed by atoms with van der Waals surface area (Å²) in [6, 6.07) is 10.8. The van der Waals surface area contributed by atoms with Gasteiger partial charge in [-0.15, -0.1) is 0 Å². The number of fused-ring (bicyclic) bond motifs is 3. The summed E-state index contributed by atoms with van der Waals surface area (Å²) in [5.41, 5.74) is 0.450. The second-order valence-electron chi connectivity index (χ2n) is 26.0. The molecule has 0 aromatic heterocycles. The lowest BCUT2D eigenvalue weighted by Gasteiger charge is -2.28. The summed E-state index contributed by atoms with van der Waals surface area (Å²) in [5, 5.41) is 10.5. The number of hydrogen-bond acceptors (Lipinski definition) is 19. The topological polar surface area (TPSA) is 302 Å². The van der Waals surface area contributed by atoms with Crippen LogP contribution in [0.5, 0.6) is 0 Å². The van der Waals surface area contributed by atoms with E-state index in [9.17, 15) is 47.9 Å². The summed E-state index contributed by atoms with van der Waals surface area (Å²) in [7, 11) is 0. The highest BCUT2D eigenvalue weighted by atomic mass is 16.6. The van der Waals surface area contributed by atoms with Crippen molar-refractivity contribution < 1.29 is 90.6 Å². The van der Waals surface area contributed by atoms with Crippen LogP contribution in [0.25, 0.3) is 11.1 Å². The van der Waals surface area contributed by atoms with Crippen molar-refractivity contribution in [3.05, 3.63) is 59.7 Å². The number of ketones is 2. The molecule has 492 valence electrons. The van der Waals surface area contributed by atoms with Crippen LogP contribution < -0.4 is 21.3 Å². The molecule has 88 heavy (non-hydrogen) atoms. The fourth-order valence-electron chi connectivity index (χ4n) is 9.11. The molecular formula is C65H98N4O19. The predicted octanol–water partition coefficient (Wildman–Crippen LogP) is 7.19. The maximum absolute atomic E-state index is 14.6. The average molecular weight is 1240 g/mol. The number of carbonyl (C=O) groups is 10. The summed E-state index contributed by atoms with van der Waals surface area (Å²) in [6.07, 6.45) is -3.83. The minimum Gasteiger partial charge on any atom is -0.460 e. The van der Waals surface area contributed by atoms with E-state index in [0.717, 1.165) is 22.3 Å². The van der Waals surface area contributed by atoms with E-state index in [2.05, 4.69) is 21.3 Å². The van der Waals surface area contributed by atoms with Crippen molar-refractivity contribution in [2.45, 2.75) is 195 Å². The van der Waals surface area contributed by atoms with Crippen molar-refractivity contribution in [2.75, 3.05) is 66.0 Å². The smallest absolute Gasteiger partial charge is 0.407 e. The molecule has 2 aromatic rings. The SMILES string of the molecule is CC(C)[C@H](CC(=O)[C@H](CCC(=O)OC(C)(C)C)NC(=O)[C@H](CC(=O)OC(C)(C)C)NC(=O)OCC1c2ccccc2-c2ccccc21)C(=O)N[C@@H](CC(=O)OC(C)(C)C)C(=O)C[C@@H](C)C(=O)NCCOCCOCCOCCOCCC(=O)OC(C)(C)C. The van der Waals surface area contributed by atoms with E-state index in [1.165, 1.54) is 6.92 Å². The van der Waals surface area contributed by atoms with Crippen molar-refractivity contribution in [3.63, 3.8) is 0 Å². The van der Waals surface area contributed by atoms with Gasteiger partial charge >= 0.3 is 30.0 Å². The van der Waals surface area contributed by atoms with E-state index < -0.39 is 137 Å². The van der Waals surface area contributed by atoms with Gasteiger partial charge in [0.2, 0.25) is 17.7 Å². The molecule has 0 bridgehead atoms. The quantitative estimate of drug-likeness (QED) is 0.0295. The normalized spacial score (nSPS) is 14.2. The second kappa shape index (κ2) is 36.0. The van der Waals surface area contributed by atoms with Gasteiger partial charge in [-0.2, -0.15) is 0 Å². The van der Waals surface area contributed by atoms with Crippen LogP contribution in [0.15, 0.2) is 48.5 Å². The first kappa shape index (κ1) is 75.4. The third kappa shape index (κ3) is 29.9. The number of rotatable bonds is 37. The monoisotopic (exact) mass is 1240 g/mol. The van der Waals surface area contributed by atoms with Crippen LogP contribution in [0, 0.1) is 17.8 Å². The Balaban J connectivity index is 1.69. The van der Waals surface area contributed by atoms with Gasteiger partial charge in [-0.25, -0.2) is 4.79 Å². The van der Waals surface area contributed by atoms with Gasteiger partial charge < -0.3 is 63.9 Å². The molecular weight excluding hydrogens is 1140 g/mol. The van der Waals surface area contributed by atoms with E-state index in [1.807, 2.05) is 48.5 Å². The Bertz CT molecular complexity index is 2600. The van der Waals surface area contributed by atoms with E-state index in [4.69, 9.17) is 42.6 Å². The summed E-state index contributed by atoms with van der Waals surface area (Å²) in [5.74, 6) is -9.42. The molecule has 0 saturated carbocycles. The first-order chi connectivity index (χ1) is 41.0. The number of ether oxygens (including phenoxy) is 9. The van der Waals surface area contributed by atoms with Crippen LogP contribution in [0.3, 0.4) is 0 Å². The lowest BCUT2D eigenvalue weighted by atomic mass is 9.86. The van der Waals surface area contributed by atoms with Crippen LogP contribution in [0.2, 0.25) is 0 Å². The molecule has 1 aliphatic rings. The first-order valence-corrected chi connectivity index (χ1v) is 30.3. The highest BCUT2D eigenvalue weighted by Gasteiger charge is 2.37. The Morgan fingerprint density at radius 1 is 0.443 bits per heavy atom. The van der Waals surface area contributed by atoms with Crippen LogP contribution in [-0.2, 0) is 85.8 Å². The van der Waals surface area contributed by atoms with Crippen molar-refractivity contribution in [1.29, 1.82) is 0 Å². The summed E-state index contributed by atoms with van der Waals surface area (Å²) < 4.78 is 49.4. The minimum atomic E-state index is -1.66. The molecule has 23 nitrogen and oxygen atoms in total. The standard InChI is InChI=1S/C65H98N4O19/c1-41(2)47(59(77)68-50(38-56(74)87-64(10,11)12)52(70)36-42(3)58(76)66-27-29-81-31-33-83-35-34-82-32-30-80-28-26-55(73)86-63(7,8)9)37-53(71)49(24-25-54(72)85-62(4,5)6)67-60(78)51(39-57(75)88-65(13,14)15)69-61(79)84-40-48-45-22-18-16-20-43(45)44-21-17-19-23-46(44)48/h16-23,41-42,47-51H,24-40H2,1-15H3,(H,66,76)(H,67,78)(H,68,77)(H,69,79)/t42-,47+,49+,50+,51+/m1/s1. The molecule has 4 amide bonds. The largest absolute Gasteiger partial charge is 0.460 e. The fourth-order valence-corrected chi connectivity index (χ4v) is 9.11. The number of carbonyl (C=O) groups excluding carboxylic acids is 10. The lowest BCUT2D eigenvalue weighted by Crippen LogP contribution is -2.53. The highest BCUT2D eigenvalue weighted by Crippen LogP contribution is 2.44. The molecule has 0 spiro atoms. The number of hydrogen-bond donors (Lipinski definition) is 4. The van der Waals surface area contributed by atoms with E-state index in [1.54, 1.807) is 96.9 Å². The van der Waals surface area contributed by atoms with Gasteiger partial charge in [0.1, 0.15) is 35.1 Å². The van der Waals surface area contributed by atoms with Crippen LogP contribution in [-0.4, -0.2) is 166 Å². The minimum absolute atomic E-state index is 0.106. The number of esters is 4. The Morgan fingerprint density at radius 2 is 0.864 bits per heavy atom. The van der Waals surface area contributed by atoms with Crippen molar-refractivity contribution in [1.82, 2.24) is 21.3 Å². The Kier molecular flexibility index (Phi) is 30.9. The zero-order chi connectivity index (χ0) is 66.0. The zero-order valence-corrected chi connectivity index (χ0v) is 54.4. The van der Waals surface area contributed by atoms with Crippen molar-refractivity contribution in [2.24, 2.45) is 17.8 Å². The predicted molar refractivity (Wildman–Crippen MR) is 325 cm³/mol.